The molecule has 1 aliphatic heterocycles. The number of rotatable bonds is 3. The zero-order valence-electron chi connectivity index (χ0n) is 12.0. The Balaban J connectivity index is 1.68. The standard InChI is InChI=1S/C16H23FN2O/c1-11-5-6-15(13(17)9-11)19-14-4-2-3-12(14)16-10-20-8-7-18-16/h5-6,9,12,14,16,18-19H,2-4,7-8,10H2,1H3. The summed E-state index contributed by atoms with van der Waals surface area (Å²) in [6.45, 7) is 4.41. The summed E-state index contributed by atoms with van der Waals surface area (Å²) in [7, 11) is 0. The van der Waals surface area contributed by atoms with Crippen molar-refractivity contribution in [1.29, 1.82) is 0 Å². The van der Waals surface area contributed by atoms with Crippen molar-refractivity contribution in [2.45, 2.75) is 38.3 Å². The Morgan fingerprint density at radius 1 is 1.35 bits per heavy atom. The van der Waals surface area contributed by atoms with Crippen molar-refractivity contribution in [2.75, 3.05) is 25.1 Å². The topological polar surface area (TPSA) is 33.3 Å². The fraction of sp³-hybridized carbons (Fsp3) is 0.625. The van der Waals surface area contributed by atoms with Crippen molar-refractivity contribution in [3.05, 3.63) is 29.6 Å². The number of morpholine rings is 1. The van der Waals surface area contributed by atoms with Crippen LogP contribution in [0.25, 0.3) is 0 Å². The van der Waals surface area contributed by atoms with Gasteiger partial charge in [-0.3, -0.25) is 0 Å². The Kier molecular flexibility index (Phi) is 4.22. The molecule has 1 aromatic carbocycles. The van der Waals surface area contributed by atoms with E-state index in [2.05, 4.69) is 10.6 Å². The molecule has 2 N–H and O–H groups in total. The van der Waals surface area contributed by atoms with Crippen molar-refractivity contribution in [1.82, 2.24) is 5.32 Å². The highest BCUT2D eigenvalue weighted by molar-refractivity contribution is 5.47. The molecule has 2 fully saturated rings. The third-order valence-electron chi connectivity index (χ3n) is 4.50. The van der Waals surface area contributed by atoms with Gasteiger partial charge in [-0.25, -0.2) is 4.39 Å². The summed E-state index contributed by atoms with van der Waals surface area (Å²) in [5.74, 6) is 0.375. The summed E-state index contributed by atoms with van der Waals surface area (Å²) in [6.07, 6.45) is 3.50. The van der Waals surface area contributed by atoms with E-state index < -0.39 is 0 Å². The molecular formula is C16H23FN2O. The molecule has 3 atom stereocenters. The second-order valence-corrected chi connectivity index (χ2v) is 5.96. The normalized spacial score (nSPS) is 30.4. The molecule has 1 saturated heterocycles. The number of hydrogen-bond acceptors (Lipinski definition) is 3. The van der Waals surface area contributed by atoms with Gasteiger partial charge in [-0.1, -0.05) is 12.5 Å². The smallest absolute Gasteiger partial charge is 0.146 e. The Morgan fingerprint density at radius 3 is 3.00 bits per heavy atom. The Morgan fingerprint density at radius 2 is 2.25 bits per heavy atom. The number of halogens is 1. The quantitative estimate of drug-likeness (QED) is 0.892. The van der Waals surface area contributed by atoms with Gasteiger partial charge in [0.05, 0.1) is 18.9 Å². The molecule has 0 bridgehead atoms. The minimum absolute atomic E-state index is 0.150. The van der Waals surface area contributed by atoms with Crippen LogP contribution in [0.2, 0.25) is 0 Å². The summed E-state index contributed by atoms with van der Waals surface area (Å²) in [6, 6.07) is 6.14. The van der Waals surface area contributed by atoms with Gasteiger partial charge in [0.1, 0.15) is 5.82 Å². The molecule has 0 spiro atoms. The van der Waals surface area contributed by atoms with E-state index in [0.29, 0.717) is 23.7 Å². The highest BCUT2D eigenvalue weighted by atomic mass is 19.1. The maximum Gasteiger partial charge on any atom is 0.146 e. The van der Waals surface area contributed by atoms with E-state index in [1.54, 1.807) is 6.07 Å². The van der Waals surface area contributed by atoms with Crippen LogP contribution in [-0.4, -0.2) is 31.8 Å². The van der Waals surface area contributed by atoms with Crippen molar-refractivity contribution in [2.24, 2.45) is 5.92 Å². The van der Waals surface area contributed by atoms with Crippen LogP contribution in [0.5, 0.6) is 0 Å². The summed E-state index contributed by atoms with van der Waals surface area (Å²) in [5, 5.41) is 6.95. The van der Waals surface area contributed by atoms with Crippen LogP contribution in [0, 0.1) is 18.7 Å². The molecule has 1 aliphatic carbocycles. The molecule has 20 heavy (non-hydrogen) atoms. The second-order valence-electron chi connectivity index (χ2n) is 5.96. The SMILES string of the molecule is Cc1ccc(NC2CCCC2C2COCCN2)c(F)c1. The average Bonchev–Trinajstić information content (AvgIpc) is 2.91. The first-order valence-electron chi connectivity index (χ1n) is 7.58. The van der Waals surface area contributed by atoms with Gasteiger partial charge in [0.25, 0.3) is 0 Å². The minimum atomic E-state index is -0.150. The lowest BCUT2D eigenvalue weighted by Crippen LogP contribution is -2.49. The number of anilines is 1. The van der Waals surface area contributed by atoms with Crippen LogP contribution in [-0.2, 0) is 4.74 Å². The largest absolute Gasteiger partial charge is 0.380 e. The summed E-state index contributed by atoms with van der Waals surface area (Å²) in [5.41, 5.74) is 1.59. The molecule has 1 heterocycles. The zero-order valence-corrected chi connectivity index (χ0v) is 12.0. The maximum absolute atomic E-state index is 14.0. The Labute approximate surface area is 119 Å². The van der Waals surface area contributed by atoms with E-state index >= 15 is 0 Å². The predicted octanol–water partition coefficient (Wildman–Crippen LogP) is 2.70. The van der Waals surface area contributed by atoms with E-state index in [-0.39, 0.29) is 5.82 Å². The van der Waals surface area contributed by atoms with Gasteiger partial charge >= 0.3 is 0 Å². The zero-order chi connectivity index (χ0) is 13.9. The van der Waals surface area contributed by atoms with Crippen LogP contribution in [0.1, 0.15) is 24.8 Å². The lowest BCUT2D eigenvalue weighted by Gasteiger charge is -2.33. The average molecular weight is 278 g/mol. The monoisotopic (exact) mass is 278 g/mol. The number of aryl methyl sites for hydroxylation is 1. The van der Waals surface area contributed by atoms with E-state index in [9.17, 15) is 4.39 Å². The van der Waals surface area contributed by atoms with Gasteiger partial charge in [0.15, 0.2) is 0 Å². The first-order valence-corrected chi connectivity index (χ1v) is 7.58. The first-order chi connectivity index (χ1) is 9.74. The molecule has 2 aliphatic rings. The molecule has 1 saturated carbocycles. The fourth-order valence-corrected chi connectivity index (χ4v) is 3.45. The molecule has 3 unspecified atom stereocenters. The van der Waals surface area contributed by atoms with Gasteiger partial charge in [-0.2, -0.15) is 0 Å². The highest BCUT2D eigenvalue weighted by Crippen LogP contribution is 2.32. The van der Waals surface area contributed by atoms with Crippen molar-refractivity contribution < 1.29 is 9.13 Å². The van der Waals surface area contributed by atoms with Gasteiger partial charge in [0, 0.05) is 18.6 Å². The Hall–Kier alpha value is -1.13. The van der Waals surface area contributed by atoms with Gasteiger partial charge in [-0.05, 0) is 43.4 Å². The molecule has 4 heteroatoms. The van der Waals surface area contributed by atoms with E-state index in [1.165, 1.54) is 12.8 Å². The first kappa shape index (κ1) is 13.8. The molecular weight excluding hydrogens is 255 g/mol. The van der Waals surface area contributed by atoms with E-state index in [0.717, 1.165) is 31.7 Å². The molecule has 3 nitrogen and oxygen atoms in total. The number of ether oxygens (including phenoxy) is 1. The van der Waals surface area contributed by atoms with E-state index in [4.69, 9.17) is 4.74 Å². The predicted molar refractivity (Wildman–Crippen MR) is 78.5 cm³/mol. The molecule has 0 aromatic heterocycles. The number of nitrogens with one attached hydrogen (secondary N) is 2. The lowest BCUT2D eigenvalue weighted by molar-refractivity contribution is 0.0559. The van der Waals surface area contributed by atoms with Crippen molar-refractivity contribution >= 4 is 5.69 Å². The van der Waals surface area contributed by atoms with Gasteiger partial charge in [0.2, 0.25) is 0 Å². The highest BCUT2D eigenvalue weighted by Gasteiger charge is 2.34. The molecule has 3 rings (SSSR count). The third kappa shape index (κ3) is 2.96. The van der Waals surface area contributed by atoms with Gasteiger partial charge in [-0.15, -0.1) is 0 Å². The molecule has 0 amide bonds. The number of hydrogen-bond donors (Lipinski definition) is 2. The van der Waals surface area contributed by atoms with Crippen molar-refractivity contribution in [3.63, 3.8) is 0 Å². The summed E-state index contributed by atoms with van der Waals surface area (Å²) >= 11 is 0. The van der Waals surface area contributed by atoms with Crippen LogP contribution in [0.4, 0.5) is 10.1 Å². The van der Waals surface area contributed by atoms with Crippen molar-refractivity contribution in [3.8, 4) is 0 Å². The second kappa shape index (κ2) is 6.10. The maximum atomic E-state index is 14.0. The summed E-state index contributed by atoms with van der Waals surface area (Å²) in [4.78, 5) is 0. The molecule has 0 radical (unpaired) electrons. The lowest BCUT2D eigenvalue weighted by atomic mass is 9.93. The van der Waals surface area contributed by atoms with Crippen LogP contribution in [0.3, 0.4) is 0 Å². The van der Waals surface area contributed by atoms with Crippen LogP contribution < -0.4 is 10.6 Å². The third-order valence-corrected chi connectivity index (χ3v) is 4.50. The van der Waals surface area contributed by atoms with Crippen LogP contribution in [0.15, 0.2) is 18.2 Å². The fourth-order valence-electron chi connectivity index (χ4n) is 3.45. The molecule has 1 aromatic rings. The van der Waals surface area contributed by atoms with Crippen LogP contribution >= 0.6 is 0 Å². The summed E-state index contributed by atoms with van der Waals surface area (Å²) < 4.78 is 19.5. The number of benzene rings is 1. The van der Waals surface area contributed by atoms with E-state index in [1.807, 2.05) is 19.1 Å². The minimum Gasteiger partial charge on any atom is -0.380 e. The molecule has 110 valence electrons. The van der Waals surface area contributed by atoms with Gasteiger partial charge < -0.3 is 15.4 Å². The Bertz CT molecular complexity index is 460.